The van der Waals surface area contributed by atoms with Gasteiger partial charge in [0.05, 0.1) is 7.11 Å². The first-order valence-electron chi connectivity index (χ1n) is 6.12. The molecule has 0 fully saturated rings. The highest BCUT2D eigenvalue weighted by Crippen LogP contribution is 2.31. The zero-order valence-electron chi connectivity index (χ0n) is 11.4. The van der Waals surface area contributed by atoms with Crippen LogP contribution in [0.1, 0.15) is 16.7 Å². The molecule has 0 aliphatic heterocycles. The second-order valence-corrected chi connectivity index (χ2v) is 6.45. The van der Waals surface area contributed by atoms with E-state index < -0.39 is 0 Å². The van der Waals surface area contributed by atoms with Crippen LogP contribution >= 0.6 is 27.7 Å². The van der Waals surface area contributed by atoms with Gasteiger partial charge in [-0.3, -0.25) is 0 Å². The highest BCUT2D eigenvalue weighted by molar-refractivity contribution is 9.10. The fourth-order valence-corrected chi connectivity index (χ4v) is 3.37. The maximum atomic E-state index is 5.40. The van der Waals surface area contributed by atoms with E-state index in [2.05, 4.69) is 54.0 Å². The molecular weight excluding hydrogens is 320 g/mol. The molecule has 0 heterocycles. The highest BCUT2D eigenvalue weighted by atomic mass is 79.9. The summed E-state index contributed by atoms with van der Waals surface area (Å²) in [6.45, 7) is 4.28. The van der Waals surface area contributed by atoms with Crippen molar-refractivity contribution in [2.24, 2.45) is 0 Å². The van der Waals surface area contributed by atoms with E-state index in [9.17, 15) is 0 Å². The molecule has 2 rings (SSSR count). The van der Waals surface area contributed by atoms with Gasteiger partial charge >= 0.3 is 0 Å². The summed E-state index contributed by atoms with van der Waals surface area (Å²) in [6.07, 6.45) is 0. The number of hydrogen-bond acceptors (Lipinski definition) is 2. The van der Waals surface area contributed by atoms with Gasteiger partial charge in [-0.25, -0.2) is 0 Å². The third-order valence-electron chi connectivity index (χ3n) is 2.96. The smallest absolute Gasteiger partial charge is 0.122 e. The van der Waals surface area contributed by atoms with E-state index in [4.69, 9.17) is 4.74 Å². The van der Waals surface area contributed by atoms with Crippen molar-refractivity contribution >= 4 is 27.7 Å². The zero-order chi connectivity index (χ0) is 13.8. The molecule has 0 saturated heterocycles. The molecule has 0 radical (unpaired) electrons. The third kappa shape index (κ3) is 3.77. The number of halogens is 1. The van der Waals surface area contributed by atoms with Crippen molar-refractivity contribution in [3.05, 3.63) is 57.6 Å². The molecule has 0 aromatic heterocycles. The normalized spacial score (nSPS) is 10.5. The molecule has 100 valence electrons. The van der Waals surface area contributed by atoms with Crippen LogP contribution in [0.25, 0.3) is 0 Å². The molecule has 0 N–H and O–H groups in total. The van der Waals surface area contributed by atoms with Gasteiger partial charge in [0.15, 0.2) is 0 Å². The van der Waals surface area contributed by atoms with Gasteiger partial charge in [0.25, 0.3) is 0 Å². The monoisotopic (exact) mass is 336 g/mol. The maximum Gasteiger partial charge on any atom is 0.122 e. The number of benzene rings is 2. The molecule has 0 aliphatic carbocycles. The minimum atomic E-state index is 0.909. The Hall–Kier alpha value is -0.930. The molecule has 0 saturated carbocycles. The maximum absolute atomic E-state index is 5.40. The predicted molar refractivity (Wildman–Crippen MR) is 86.2 cm³/mol. The van der Waals surface area contributed by atoms with Crippen LogP contribution in [0.5, 0.6) is 5.75 Å². The van der Waals surface area contributed by atoms with E-state index in [1.54, 1.807) is 7.11 Å². The summed E-state index contributed by atoms with van der Waals surface area (Å²) < 4.78 is 6.49. The number of rotatable bonds is 4. The van der Waals surface area contributed by atoms with E-state index in [1.165, 1.54) is 21.6 Å². The molecule has 2 aromatic carbocycles. The molecule has 1 nitrogen and oxygen atoms in total. The minimum Gasteiger partial charge on any atom is -0.496 e. The van der Waals surface area contributed by atoms with E-state index in [0.29, 0.717) is 0 Å². The summed E-state index contributed by atoms with van der Waals surface area (Å²) >= 11 is 5.36. The topological polar surface area (TPSA) is 9.23 Å². The van der Waals surface area contributed by atoms with Gasteiger partial charge in [-0.15, -0.1) is 11.8 Å². The van der Waals surface area contributed by atoms with Crippen molar-refractivity contribution < 1.29 is 4.74 Å². The number of thioether (sulfide) groups is 1. The summed E-state index contributed by atoms with van der Waals surface area (Å²) in [5.41, 5.74) is 3.85. The fraction of sp³-hybridized carbons (Fsp3) is 0.250. The average Bonchev–Trinajstić information content (AvgIpc) is 2.38. The Balaban J connectivity index is 2.16. The number of aryl methyl sites for hydroxylation is 2. The summed E-state index contributed by atoms with van der Waals surface area (Å²) in [7, 11) is 1.72. The number of hydrogen-bond donors (Lipinski definition) is 0. The average molecular weight is 337 g/mol. The van der Waals surface area contributed by atoms with Crippen LogP contribution in [0.3, 0.4) is 0 Å². The third-order valence-corrected chi connectivity index (χ3v) is 4.67. The van der Waals surface area contributed by atoms with Gasteiger partial charge in [-0.1, -0.05) is 33.6 Å². The van der Waals surface area contributed by atoms with E-state index in [-0.39, 0.29) is 0 Å². The molecule has 0 bridgehead atoms. The molecule has 0 unspecified atom stereocenters. The molecule has 2 aromatic rings. The summed E-state index contributed by atoms with van der Waals surface area (Å²) in [6, 6.07) is 12.7. The lowest BCUT2D eigenvalue weighted by molar-refractivity contribution is 0.411. The van der Waals surface area contributed by atoms with Gasteiger partial charge in [0.2, 0.25) is 0 Å². The first-order valence-corrected chi connectivity index (χ1v) is 7.90. The first-order chi connectivity index (χ1) is 9.10. The largest absolute Gasteiger partial charge is 0.496 e. The SMILES string of the molecule is COc1ccc(Br)cc1CSc1ccc(C)cc1C. The van der Waals surface area contributed by atoms with Gasteiger partial charge in [0, 0.05) is 20.7 Å². The minimum absolute atomic E-state index is 0.909. The van der Waals surface area contributed by atoms with E-state index in [1.807, 2.05) is 23.9 Å². The van der Waals surface area contributed by atoms with Crippen LogP contribution in [0.15, 0.2) is 45.8 Å². The van der Waals surface area contributed by atoms with Crippen LogP contribution in [-0.4, -0.2) is 7.11 Å². The van der Waals surface area contributed by atoms with Gasteiger partial charge in [-0.05, 0) is 43.7 Å². The Labute approximate surface area is 127 Å². The Morgan fingerprint density at radius 3 is 2.58 bits per heavy atom. The van der Waals surface area contributed by atoms with Crippen molar-refractivity contribution in [2.75, 3.05) is 7.11 Å². The zero-order valence-corrected chi connectivity index (χ0v) is 13.8. The lowest BCUT2D eigenvalue weighted by atomic mass is 10.2. The van der Waals surface area contributed by atoms with E-state index in [0.717, 1.165) is 16.0 Å². The first kappa shape index (κ1) is 14.5. The molecule has 0 amide bonds. The standard InChI is InChI=1S/C16H17BrOS/c1-11-4-7-16(12(2)8-11)19-10-13-9-14(17)5-6-15(13)18-3/h4-9H,10H2,1-3H3. The van der Waals surface area contributed by atoms with Crippen LogP contribution < -0.4 is 4.74 Å². The molecule has 0 spiro atoms. The lowest BCUT2D eigenvalue weighted by Crippen LogP contribution is -1.91. The quantitative estimate of drug-likeness (QED) is 0.694. The Kier molecular flexibility index (Phi) is 4.94. The van der Waals surface area contributed by atoms with Crippen LogP contribution in [0.2, 0.25) is 0 Å². The van der Waals surface area contributed by atoms with Crippen LogP contribution in [-0.2, 0) is 5.75 Å². The Morgan fingerprint density at radius 2 is 1.89 bits per heavy atom. The second-order valence-electron chi connectivity index (χ2n) is 4.51. The molecule has 3 heteroatoms. The summed E-state index contributed by atoms with van der Waals surface area (Å²) in [5.74, 6) is 1.85. The van der Waals surface area contributed by atoms with Crippen LogP contribution in [0.4, 0.5) is 0 Å². The van der Waals surface area contributed by atoms with Crippen molar-refractivity contribution in [2.45, 2.75) is 24.5 Å². The van der Waals surface area contributed by atoms with Crippen molar-refractivity contribution in [1.29, 1.82) is 0 Å². The van der Waals surface area contributed by atoms with Crippen molar-refractivity contribution in [1.82, 2.24) is 0 Å². The summed E-state index contributed by atoms with van der Waals surface area (Å²) in [5, 5.41) is 0. The number of ether oxygens (including phenoxy) is 1. The van der Waals surface area contributed by atoms with Gasteiger partial charge in [-0.2, -0.15) is 0 Å². The Morgan fingerprint density at radius 1 is 1.11 bits per heavy atom. The molecular formula is C16H17BrOS. The van der Waals surface area contributed by atoms with Crippen molar-refractivity contribution in [3.63, 3.8) is 0 Å². The Bertz CT molecular complexity index is 581. The highest BCUT2D eigenvalue weighted by Gasteiger charge is 2.06. The van der Waals surface area contributed by atoms with Crippen LogP contribution in [0, 0.1) is 13.8 Å². The molecule has 0 atom stereocenters. The fourth-order valence-electron chi connectivity index (χ4n) is 1.98. The molecule has 19 heavy (non-hydrogen) atoms. The van der Waals surface area contributed by atoms with E-state index >= 15 is 0 Å². The van der Waals surface area contributed by atoms with Gasteiger partial charge in [0.1, 0.15) is 5.75 Å². The lowest BCUT2D eigenvalue weighted by Gasteiger charge is -2.10. The molecule has 0 aliphatic rings. The second kappa shape index (κ2) is 6.49. The number of methoxy groups -OCH3 is 1. The van der Waals surface area contributed by atoms with Gasteiger partial charge < -0.3 is 4.74 Å². The van der Waals surface area contributed by atoms with Crippen molar-refractivity contribution in [3.8, 4) is 5.75 Å². The predicted octanol–water partition coefficient (Wildman–Crippen LogP) is 5.37. The summed E-state index contributed by atoms with van der Waals surface area (Å²) in [4.78, 5) is 1.33.